The Morgan fingerprint density at radius 3 is 2.86 bits per heavy atom. The Labute approximate surface area is 139 Å². The second kappa shape index (κ2) is 8.29. The summed E-state index contributed by atoms with van der Waals surface area (Å²) in [5, 5.41) is 6.10. The Balaban J connectivity index is 1.75. The number of carbonyl (C=O) groups is 2. The van der Waals surface area contributed by atoms with Gasteiger partial charge in [-0.05, 0) is 59.9 Å². The highest BCUT2D eigenvalue weighted by Crippen LogP contribution is 2.21. The summed E-state index contributed by atoms with van der Waals surface area (Å²) >= 11 is 3.38. The third-order valence-electron chi connectivity index (χ3n) is 3.88. The lowest BCUT2D eigenvalue weighted by molar-refractivity contribution is -0.133. The molecule has 2 rings (SSSR count). The number of para-hydroxylation sites is 1. The number of anilines is 1. The van der Waals surface area contributed by atoms with E-state index in [0.29, 0.717) is 18.0 Å². The topological polar surface area (TPSA) is 61.4 Å². The number of hydrogen-bond donors (Lipinski definition) is 2. The van der Waals surface area contributed by atoms with E-state index in [4.69, 9.17) is 0 Å². The number of likely N-dealkylation sites (N-methyl/N-ethyl adjacent to an activating group) is 1. The zero-order valence-corrected chi connectivity index (χ0v) is 14.4. The van der Waals surface area contributed by atoms with Gasteiger partial charge in [0.1, 0.15) is 0 Å². The van der Waals surface area contributed by atoms with Crippen LogP contribution in [0.5, 0.6) is 0 Å². The molecule has 0 aliphatic carbocycles. The zero-order chi connectivity index (χ0) is 15.9. The average molecular weight is 368 g/mol. The minimum atomic E-state index is -0.190. The summed E-state index contributed by atoms with van der Waals surface area (Å²) in [6.07, 6.45) is 2.53. The van der Waals surface area contributed by atoms with Crippen LogP contribution >= 0.6 is 15.9 Å². The van der Waals surface area contributed by atoms with Gasteiger partial charge in [0.25, 0.3) is 0 Å². The molecule has 120 valence electrons. The Bertz CT molecular complexity index is 530. The molecular formula is C16H22BrN3O2. The predicted octanol–water partition coefficient (Wildman–Crippen LogP) is 2.24. The van der Waals surface area contributed by atoms with Gasteiger partial charge in [0.15, 0.2) is 0 Å². The summed E-state index contributed by atoms with van der Waals surface area (Å²) in [5.41, 5.74) is 0.713. The third-order valence-corrected chi connectivity index (χ3v) is 4.57. The Morgan fingerprint density at radius 1 is 1.41 bits per heavy atom. The summed E-state index contributed by atoms with van der Waals surface area (Å²) in [7, 11) is 1.68. The smallest absolute Gasteiger partial charge is 0.244 e. The lowest BCUT2D eigenvalue weighted by Crippen LogP contribution is -2.35. The van der Waals surface area contributed by atoms with E-state index in [1.165, 1.54) is 4.90 Å². The molecule has 22 heavy (non-hydrogen) atoms. The Kier molecular flexibility index (Phi) is 6.39. The van der Waals surface area contributed by atoms with Crippen molar-refractivity contribution in [3.05, 3.63) is 28.7 Å². The minimum Gasteiger partial charge on any atom is -0.336 e. The van der Waals surface area contributed by atoms with Gasteiger partial charge < -0.3 is 15.5 Å². The fourth-order valence-corrected chi connectivity index (χ4v) is 2.92. The van der Waals surface area contributed by atoms with Gasteiger partial charge in [-0.2, -0.15) is 0 Å². The van der Waals surface area contributed by atoms with Gasteiger partial charge in [-0.3, -0.25) is 9.59 Å². The van der Waals surface area contributed by atoms with Crippen molar-refractivity contribution in [1.29, 1.82) is 0 Å². The third kappa shape index (κ3) is 5.10. The van der Waals surface area contributed by atoms with E-state index in [2.05, 4.69) is 26.6 Å². The molecule has 0 bridgehead atoms. The van der Waals surface area contributed by atoms with Crippen LogP contribution in [0.25, 0.3) is 0 Å². The number of benzene rings is 1. The first kappa shape index (κ1) is 17.0. The summed E-state index contributed by atoms with van der Waals surface area (Å²) in [5.74, 6) is 0.422. The van der Waals surface area contributed by atoms with Crippen LogP contribution in [-0.2, 0) is 9.59 Å². The molecule has 5 nitrogen and oxygen atoms in total. The average Bonchev–Trinajstić information content (AvgIpc) is 3.00. The lowest BCUT2D eigenvalue weighted by Gasteiger charge is -2.18. The maximum atomic E-state index is 12.1. The van der Waals surface area contributed by atoms with Gasteiger partial charge in [-0.15, -0.1) is 0 Å². The van der Waals surface area contributed by atoms with Crippen molar-refractivity contribution in [2.75, 3.05) is 32.0 Å². The largest absolute Gasteiger partial charge is 0.336 e. The molecule has 2 amide bonds. The Hall–Kier alpha value is -1.40. The van der Waals surface area contributed by atoms with Crippen LogP contribution in [0.15, 0.2) is 28.7 Å². The first-order valence-corrected chi connectivity index (χ1v) is 8.34. The molecule has 6 heteroatoms. The molecule has 1 aromatic rings. The van der Waals surface area contributed by atoms with Crippen molar-refractivity contribution in [2.45, 2.75) is 19.3 Å². The van der Waals surface area contributed by atoms with E-state index in [9.17, 15) is 9.59 Å². The summed E-state index contributed by atoms with van der Waals surface area (Å²) < 4.78 is 0.825. The normalized spacial score (nSPS) is 17.3. The highest BCUT2D eigenvalue weighted by molar-refractivity contribution is 9.10. The molecule has 1 aliphatic heterocycles. The summed E-state index contributed by atoms with van der Waals surface area (Å²) in [6, 6.07) is 7.41. The number of halogens is 1. The van der Waals surface area contributed by atoms with Crippen molar-refractivity contribution in [3.63, 3.8) is 0 Å². The van der Waals surface area contributed by atoms with Crippen LogP contribution in [0.2, 0.25) is 0 Å². The molecular weight excluding hydrogens is 346 g/mol. The van der Waals surface area contributed by atoms with Crippen LogP contribution in [0, 0.1) is 5.92 Å². The molecule has 0 spiro atoms. The zero-order valence-electron chi connectivity index (χ0n) is 12.8. The molecule has 1 fully saturated rings. The van der Waals surface area contributed by atoms with Gasteiger partial charge >= 0.3 is 0 Å². The van der Waals surface area contributed by atoms with Crippen LogP contribution in [0.3, 0.4) is 0 Å². The quantitative estimate of drug-likeness (QED) is 0.810. The van der Waals surface area contributed by atoms with Crippen molar-refractivity contribution in [3.8, 4) is 0 Å². The van der Waals surface area contributed by atoms with E-state index in [1.807, 2.05) is 24.3 Å². The molecule has 0 aromatic heterocycles. The molecule has 1 aromatic carbocycles. The van der Waals surface area contributed by atoms with Crippen LogP contribution in [0.4, 0.5) is 5.69 Å². The lowest BCUT2D eigenvalue weighted by atomic mass is 10.0. The molecule has 1 heterocycles. The van der Waals surface area contributed by atoms with Gasteiger partial charge in [0.2, 0.25) is 11.8 Å². The number of carbonyl (C=O) groups excluding carboxylic acids is 2. The minimum absolute atomic E-state index is 0.0224. The number of rotatable bonds is 6. The maximum Gasteiger partial charge on any atom is 0.244 e. The summed E-state index contributed by atoms with van der Waals surface area (Å²) in [6.45, 7) is 2.12. The molecule has 0 saturated carbocycles. The molecule has 2 N–H and O–H groups in total. The molecule has 1 saturated heterocycles. The maximum absolute atomic E-state index is 12.1. The van der Waals surface area contributed by atoms with Crippen molar-refractivity contribution in [2.24, 2.45) is 5.92 Å². The van der Waals surface area contributed by atoms with Crippen molar-refractivity contribution < 1.29 is 9.59 Å². The van der Waals surface area contributed by atoms with Gasteiger partial charge in [-0.1, -0.05) is 12.1 Å². The highest BCUT2D eigenvalue weighted by atomic mass is 79.9. The second-order valence-electron chi connectivity index (χ2n) is 5.68. The molecule has 1 unspecified atom stereocenters. The van der Waals surface area contributed by atoms with Crippen LogP contribution in [0.1, 0.15) is 19.3 Å². The number of hydrogen-bond acceptors (Lipinski definition) is 3. The standard InChI is InChI=1S/C16H22BrN3O2/c1-20(16(22)7-6-12-8-9-18-10-12)11-15(21)19-14-5-3-2-4-13(14)17/h2-5,12,18H,6-11H2,1H3,(H,19,21). The van der Waals surface area contributed by atoms with E-state index < -0.39 is 0 Å². The highest BCUT2D eigenvalue weighted by Gasteiger charge is 2.18. The van der Waals surface area contributed by atoms with Crippen molar-refractivity contribution >= 4 is 33.4 Å². The van der Waals surface area contributed by atoms with E-state index in [1.54, 1.807) is 7.05 Å². The first-order valence-electron chi connectivity index (χ1n) is 7.55. The fourth-order valence-electron chi connectivity index (χ4n) is 2.54. The van der Waals surface area contributed by atoms with Crippen LogP contribution < -0.4 is 10.6 Å². The van der Waals surface area contributed by atoms with Gasteiger partial charge in [0.05, 0.1) is 12.2 Å². The number of nitrogens with one attached hydrogen (secondary N) is 2. The summed E-state index contributed by atoms with van der Waals surface area (Å²) in [4.78, 5) is 25.6. The van der Waals surface area contributed by atoms with E-state index in [-0.39, 0.29) is 18.4 Å². The second-order valence-corrected chi connectivity index (χ2v) is 6.53. The predicted molar refractivity (Wildman–Crippen MR) is 90.6 cm³/mol. The molecule has 1 aliphatic rings. The van der Waals surface area contributed by atoms with Crippen molar-refractivity contribution in [1.82, 2.24) is 10.2 Å². The molecule has 0 radical (unpaired) electrons. The SMILES string of the molecule is CN(CC(=O)Nc1ccccc1Br)C(=O)CCC1CCNC1. The fraction of sp³-hybridized carbons (Fsp3) is 0.500. The van der Waals surface area contributed by atoms with E-state index >= 15 is 0 Å². The van der Waals surface area contributed by atoms with E-state index in [0.717, 1.165) is 30.4 Å². The monoisotopic (exact) mass is 367 g/mol. The number of nitrogens with zero attached hydrogens (tertiary/aromatic N) is 1. The van der Waals surface area contributed by atoms with Gasteiger partial charge in [0, 0.05) is 17.9 Å². The first-order chi connectivity index (χ1) is 10.6. The molecule has 1 atom stereocenters. The number of amides is 2. The van der Waals surface area contributed by atoms with Gasteiger partial charge in [-0.25, -0.2) is 0 Å². The van der Waals surface area contributed by atoms with Crippen LogP contribution in [-0.4, -0.2) is 43.4 Å². The Morgan fingerprint density at radius 2 is 2.18 bits per heavy atom.